The summed E-state index contributed by atoms with van der Waals surface area (Å²) >= 11 is 0. The Labute approximate surface area is 229 Å². The summed E-state index contributed by atoms with van der Waals surface area (Å²) in [7, 11) is 0. The fraction of sp³-hybridized carbons (Fsp3) is 0.394. The molecule has 0 saturated carbocycles. The summed E-state index contributed by atoms with van der Waals surface area (Å²) in [5, 5.41) is 2.66. The second-order valence-corrected chi connectivity index (χ2v) is 9.63. The average Bonchev–Trinajstić information content (AvgIpc) is 3.20. The molecule has 2 amide bonds. The minimum absolute atomic E-state index is 0.0573. The van der Waals surface area contributed by atoms with E-state index in [-0.39, 0.29) is 18.4 Å². The second kappa shape index (κ2) is 17.8. The van der Waals surface area contributed by atoms with Crippen LogP contribution in [0.5, 0.6) is 5.75 Å². The largest absolute Gasteiger partial charge is 0.484 e. The maximum Gasteiger partial charge on any atom is 0.260 e. The molecule has 0 radical (unpaired) electrons. The molecule has 2 aliphatic rings. The predicted molar refractivity (Wildman–Crippen MR) is 157 cm³/mol. The SMILES string of the molecule is CC1=CC=CCC=C1.CCCNC(C)=O.Cc1ccc(OCC(=O)N2CCC(c3ccccc3)CC2)cc1. The summed E-state index contributed by atoms with van der Waals surface area (Å²) < 4.78 is 5.60. The fourth-order valence-corrected chi connectivity index (χ4v) is 4.05. The van der Waals surface area contributed by atoms with Crippen molar-refractivity contribution in [1.29, 1.82) is 0 Å². The number of ether oxygens (including phenoxy) is 1. The Morgan fingerprint density at radius 2 is 1.66 bits per heavy atom. The van der Waals surface area contributed by atoms with E-state index in [9.17, 15) is 9.59 Å². The number of nitrogens with zero attached hydrogens (tertiary/aromatic N) is 1. The lowest BCUT2D eigenvalue weighted by molar-refractivity contribution is -0.134. The number of hydrogen-bond acceptors (Lipinski definition) is 3. The standard InChI is InChI=1S/C20H23NO2.C8H10.C5H11NO/c1-16-7-9-19(10-8-16)23-15-20(22)21-13-11-18(12-14-21)17-5-3-2-4-6-17;1-8-6-4-2-3-5-7-8;1-3-4-6-5(2)7/h2-10,18H,11-15H2,1H3;2,4-7H,3H2,1H3;3-4H2,1-2H3,(H,6,7). The molecule has 0 spiro atoms. The predicted octanol–water partition coefficient (Wildman–Crippen LogP) is 6.76. The topological polar surface area (TPSA) is 58.6 Å². The molecule has 1 aliphatic carbocycles. The summed E-state index contributed by atoms with van der Waals surface area (Å²) in [6, 6.07) is 18.4. The van der Waals surface area contributed by atoms with Crippen LogP contribution in [-0.4, -0.2) is 43.0 Å². The molecule has 1 N–H and O–H groups in total. The fourth-order valence-electron chi connectivity index (χ4n) is 4.05. The van der Waals surface area contributed by atoms with Gasteiger partial charge in [0.1, 0.15) is 5.75 Å². The van der Waals surface area contributed by atoms with Crippen molar-refractivity contribution in [2.45, 2.75) is 59.3 Å². The number of hydrogen-bond donors (Lipinski definition) is 1. The van der Waals surface area contributed by atoms with Crippen molar-refractivity contribution in [3.63, 3.8) is 0 Å². The summed E-state index contributed by atoms with van der Waals surface area (Å²) in [6.07, 6.45) is 14.8. The number of rotatable bonds is 6. The third-order valence-corrected chi connectivity index (χ3v) is 6.27. The monoisotopic (exact) mass is 516 g/mol. The van der Waals surface area contributed by atoms with E-state index < -0.39 is 0 Å². The van der Waals surface area contributed by atoms with Crippen molar-refractivity contribution in [2.24, 2.45) is 0 Å². The maximum atomic E-state index is 12.3. The molecule has 1 heterocycles. The van der Waals surface area contributed by atoms with E-state index in [0.29, 0.717) is 5.92 Å². The van der Waals surface area contributed by atoms with Gasteiger partial charge in [-0.05, 0) is 63.1 Å². The maximum absolute atomic E-state index is 12.3. The Hall–Kier alpha value is -3.60. The first-order valence-corrected chi connectivity index (χ1v) is 13.7. The van der Waals surface area contributed by atoms with Gasteiger partial charge in [0.25, 0.3) is 5.91 Å². The van der Waals surface area contributed by atoms with Gasteiger partial charge in [-0.25, -0.2) is 0 Å². The quantitative estimate of drug-likeness (QED) is 0.461. The Morgan fingerprint density at radius 1 is 0.974 bits per heavy atom. The average molecular weight is 517 g/mol. The molecule has 5 nitrogen and oxygen atoms in total. The van der Waals surface area contributed by atoms with Crippen molar-refractivity contribution in [2.75, 3.05) is 26.2 Å². The molecular weight excluding hydrogens is 472 g/mol. The van der Waals surface area contributed by atoms with E-state index >= 15 is 0 Å². The zero-order valence-corrected chi connectivity index (χ0v) is 23.5. The van der Waals surface area contributed by atoms with Crippen LogP contribution in [0.15, 0.2) is 90.6 Å². The Bertz CT molecular complexity index is 1050. The first-order chi connectivity index (χ1) is 18.4. The molecule has 1 aliphatic heterocycles. The van der Waals surface area contributed by atoms with E-state index in [4.69, 9.17) is 4.74 Å². The molecule has 2 aromatic rings. The van der Waals surface area contributed by atoms with Crippen molar-refractivity contribution < 1.29 is 14.3 Å². The number of likely N-dealkylation sites (tertiary alicyclic amines) is 1. The number of nitrogens with one attached hydrogen (secondary N) is 1. The van der Waals surface area contributed by atoms with Gasteiger partial charge < -0.3 is 15.0 Å². The highest BCUT2D eigenvalue weighted by atomic mass is 16.5. The van der Waals surface area contributed by atoms with Crippen LogP contribution >= 0.6 is 0 Å². The third-order valence-electron chi connectivity index (χ3n) is 6.27. The van der Waals surface area contributed by atoms with Crippen molar-refractivity contribution >= 4 is 11.8 Å². The van der Waals surface area contributed by atoms with Gasteiger partial charge in [-0.3, -0.25) is 9.59 Å². The van der Waals surface area contributed by atoms with E-state index in [2.05, 4.69) is 66.9 Å². The number of carbonyl (C=O) groups excluding carboxylic acids is 2. The molecule has 38 heavy (non-hydrogen) atoms. The first kappa shape index (κ1) is 30.6. The van der Waals surface area contributed by atoms with Gasteiger partial charge in [-0.2, -0.15) is 0 Å². The van der Waals surface area contributed by atoms with E-state index in [0.717, 1.165) is 51.1 Å². The first-order valence-electron chi connectivity index (χ1n) is 13.7. The highest BCUT2D eigenvalue weighted by Gasteiger charge is 2.23. The molecule has 1 saturated heterocycles. The number of amides is 2. The number of benzene rings is 2. The van der Waals surface area contributed by atoms with Gasteiger partial charge in [0.15, 0.2) is 6.61 Å². The van der Waals surface area contributed by atoms with Gasteiger partial charge in [0, 0.05) is 26.6 Å². The van der Waals surface area contributed by atoms with Crippen LogP contribution in [0, 0.1) is 6.92 Å². The van der Waals surface area contributed by atoms with Gasteiger partial charge in [0.05, 0.1) is 0 Å². The van der Waals surface area contributed by atoms with Crippen LogP contribution in [0.2, 0.25) is 0 Å². The van der Waals surface area contributed by atoms with E-state index in [1.165, 1.54) is 23.6 Å². The molecule has 1 fully saturated rings. The second-order valence-electron chi connectivity index (χ2n) is 9.63. The highest BCUT2D eigenvalue weighted by molar-refractivity contribution is 5.77. The van der Waals surface area contributed by atoms with Crippen molar-refractivity contribution in [3.05, 3.63) is 102 Å². The molecule has 5 heteroatoms. The van der Waals surface area contributed by atoms with Gasteiger partial charge in [-0.15, -0.1) is 0 Å². The van der Waals surface area contributed by atoms with E-state index in [1.807, 2.05) is 49.1 Å². The molecule has 4 rings (SSSR count). The lowest BCUT2D eigenvalue weighted by Gasteiger charge is -2.32. The number of aryl methyl sites for hydroxylation is 1. The van der Waals surface area contributed by atoms with Crippen LogP contribution in [0.3, 0.4) is 0 Å². The number of allylic oxidation sites excluding steroid dienone is 6. The van der Waals surface area contributed by atoms with Crippen LogP contribution in [-0.2, 0) is 9.59 Å². The summed E-state index contributed by atoms with van der Waals surface area (Å²) in [6.45, 7) is 10.2. The summed E-state index contributed by atoms with van der Waals surface area (Å²) in [5.41, 5.74) is 3.90. The van der Waals surface area contributed by atoms with E-state index in [1.54, 1.807) is 0 Å². The smallest absolute Gasteiger partial charge is 0.260 e. The molecule has 204 valence electrons. The molecule has 2 aromatic carbocycles. The molecule has 0 aromatic heterocycles. The molecule has 0 bridgehead atoms. The molecule has 0 atom stereocenters. The summed E-state index contributed by atoms with van der Waals surface area (Å²) in [5.74, 6) is 1.46. The zero-order valence-electron chi connectivity index (χ0n) is 23.5. The minimum Gasteiger partial charge on any atom is -0.484 e. The zero-order chi connectivity index (χ0) is 27.6. The van der Waals surface area contributed by atoms with Crippen LogP contribution in [0.1, 0.15) is 63.5 Å². The normalized spacial score (nSPS) is 14.6. The van der Waals surface area contributed by atoms with Gasteiger partial charge in [-0.1, -0.05) is 90.9 Å². The lowest BCUT2D eigenvalue weighted by atomic mass is 9.89. The van der Waals surface area contributed by atoms with Crippen LogP contribution < -0.4 is 10.1 Å². The molecule has 0 unspecified atom stereocenters. The number of piperidine rings is 1. The van der Waals surface area contributed by atoms with Crippen LogP contribution in [0.4, 0.5) is 0 Å². The van der Waals surface area contributed by atoms with Crippen molar-refractivity contribution in [3.8, 4) is 5.75 Å². The Balaban J connectivity index is 0.000000276. The molecular formula is C33H44N2O3. The summed E-state index contributed by atoms with van der Waals surface area (Å²) in [4.78, 5) is 24.3. The van der Waals surface area contributed by atoms with Crippen LogP contribution in [0.25, 0.3) is 0 Å². The number of carbonyl (C=O) groups is 2. The Morgan fingerprint density at radius 3 is 2.26 bits per heavy atom. The van der Waals surface area contributed by atoms with Gasteiger partial charge >= 0.3 is 0 Å². The lowest BCUT2D eigenvalue weighted by Crippen LogP contribution is -2.40. The highest BCUT2D eigenvalue weighted by Crippen LogP contribution is 2.27. The minimum atomic E-state index is 0.0573. The Kier molecular flexibility index (Phi) is 14.3. The van der Waals surface area contributed by atoms with Gasteiger partial charge in [0.2, 0.25) is 5.91 Å². The third kappa shape index (κ3) is 12.6. The van der Waals surface area contributed by atoms with Crippen molar-refractivity contribution in [1.82, 2.24) is 10.2 Å².